The van der Waals surface area contributed by atoms with Crippen LogP contribution in [0, 0.1) is 12.8 Å². The van der Waals surface area contributed by atoms with Crippen LogP contribution in [0.3, 0.4) is 0 Å². The lowest BCUT2D eigenvalue weighted by atomic mass is 9.98. The van der Waals surface area contributed by atoms with Crippen molar-refractivity contribution in [1.82, 2.24) is 9.21 Å². The maximum atomic E-state index is 13.0. The minimum atomic E-state index is -3.64. The predicted octanol–water partition coefficient (Wildman–Crippen LogP) is 3.06. The van der Waals surface area contributed by atoms with Gasteiger partial charge in [0.25, 0.3) is 0 Å². The number of carbonyl (C=O) groups excluding carboxylic acids is 1. The van der Waals surface area contributed by atoms with Gasteiger partial charge in [0.2, 0.25) is 15.9 Å². The molecule has 1 heterocycles. The number of aryl methyl sites for hydroxylation is 1. The molecule has 6 nitrogen and oxygen atoms in total. The van der Waals surface area contributed by atoms with Crippen LogP contribution in [-0.2, 0) is 21.4 Å². The monoisotopic (exact) mass is 416 g/mol. The summed E-state index contributed by atoms with van der Waals surface area (Å²) in [5.74, 6) is 0.265. The number of hydrogen-bond donors (Lipinski definition) is 0. The Labute approximate surface area is 173 Å². The molecular formula is C22H28N2O4S. The van der Waals surface area contributed by atoms with Gasteiger partial charge in [-0.1, -0.05) is 29.8 Å². The Morgan fingerprint density at radius 1 is 1.14 bits per heavy atom. The fourth-order valence-corrected chi connectivity index (χ4v) is 5.14. The van der Waals surface area contributed by atoms with Crippen molar-refractivity contribution in [3.63, 3.8) is 0 Å². The highest BCUT2D eigenvalue weighted by Crippen LogP contribution is 2.26. The number of ether oxygens (including phenoxy) is 1. The van der Waals surface area contributed by atoms with E-state index in [9.17, 15) is 13.2 Å². The van der Waals surface area contributed by atoms with Gasteiger partial charge in [0.05, 0.1) is 17.9 Å². The molecule has 0 spiro atoms. The number of nitrogens with zero attached hydrogens (tertiary/aromatic N) is 2. The van der Waals surface area contributed by atoms with Gasteiger partial charge in [-0.3, -0.25) is 4.79 Å². The molecule has 0 radical (unpaired) electrons. The highest BCUT2D eigenvalue weighted by Gasteiger charge is 2.34. The minimum absolute atomic E-state index is 0.0137. The zero-order valence-corrected chi connectivity index (χ0v) is 18.0. The van der Waals surface area contributed by atoms with Gasteiger partial charge in [-0.15, -0.1) is 0 Å². The number of sulfonamides is 1. The van der Waals surface area contributed by atoms with Crippen molar-refractivity contribution < 1.29 is 17.9 Å². The molecule has 3 rings (SSSR count). The summed E-state index contributed by atoms with van der Waals surface area (Å²) in [6.45, 7) is 3.19. The van der Waals surface area contributed by atoms with Crippen LogP contribution in [0.1, 0.15) is 24.0 Å². The first kappa shape index (κ1) is 21.3. The summed E-state index contributed by atoms with van der Waals surface area (Å²) in [4.78, 5) is 14.9. The van der Waals surface area contributed by atoms with Gasteiger partial charge in [-0.2, -0.15) is 4.31 Å². The minimum Gasteiger partial charge on any atom is -0.497 e. The van der Waals surface area contributed by atoms with E-state index in [0.717, 1.165) is 5.56 Å². The fraction of sp³-hybridized carbons (Fsp3) is 0.409. The molecule has 7 heteroatoms. The van der Waals surface area contributed by atoms with E-state index in [-0.39, 0.29) is 23.3 Å². The van der Waals surface area contributed by atoms with E-state index in [0.29, 0.717) is 31.7 Å². The highest BCUT2D eigenvalue weighted by molar-refractivity contribution is 7.89. The molecule has 0 saturated carbocycles. The summed E-state index contributed by atoms with van der Waals surface area (Å²) in [5.41, 5.74) is 2.24. The molecule has 0 bridgehead atoms. The molecule has 1 fully saturated rings. The van der Waals surface area contributed by atoms with Crippen LogP contribution < -0.4 is 4.74 Å². The van der Waals surface area contributed by atoms with Crippen LogP contribution in [0.2, 0.25) is 0 Å². The first-order chi connectivity index (χ1) is 13.8. The maximum Gasteiger partial charge on any atom is 0.243 e. The number of benzene rings is 2. The van der Waals surface area contributed by atoms with E-state index in [1.807, 2.05) is 31.2 Å². The van der Waals surface area contributed by atoms with Crippen molar-refractivity contribution in [3.8, 4) is 5.75 Å². The zero-order chi connectivity index (χ0) is 21.0. The number of carbonyl (C=O) groups is 1. The number of methoxy groups -OCH3 is 1. The topological polar surface area (TPSA) is 66.9 Å². The molecule has 2 aromatic rings. The van der Waals surface area contributed by atoms with Crippen LogP contribution in [-0.4, -0.2) is 50.8 Å². The molecule has 0 unspecified atom stereocenters. The number of amides is 1. The lowest BCUT2D eigenvalue weighted by Gasteiger charge is -2.33. The standard InChI is InChI=1S/C22H28N2O4S/c1-17-6-8-18(9-7-17)15-23(2)22(25)19-5-4-14-24(16-19)29(26,27)21-12-10-20(28-3)11-13-21/h6-13,19H,4-5,14-16H2,1-3H3/t19-/m0/s1. The lowest BCUT2D eigenvalue weighted by Crippen LogP contribution is -2.45. The average molecular weight is 417 g/mol. The molecule has 2 aromatic carbocycles. The normalized spacial score (nSPS) is 17.7. The second kappa shape index (κ2) is 8.97. The van der Waals surface area contributed by atoms with Gasteiger partial charge < -0.3 is 9.64 Å². The number of piperidine rings is 1. The molecule has 0 aromatic heterocycles. The van der Waals surface area contributed by atoms with Gasteiger partial charge in [-0.05, 0) is 49.6 Å². The van der Waals surface area contributed by atoms with Crippen LogP contribution in [0.4, 0.5) is 0 Å². The van der Waals surface area contributed by atoms with E-state index >= 15 is 0 Å². The Hall–Kier alpha value is -2.38. The summed E-state index contributed by atoms with van der Waals surface area (Å²) in [5, 5.41) is 0. The van der Waals surface area contributed by atoms with Crippen molar-refractivity contribution in [1.29, 1.82) is 0 Å². The Morgan fingerprint density at radius 3 is 2.41 bits per heavy atom. The molecule has 29 heavy (non-hydrogen) atoms. The third-order valence-corrected chi connectivity index (χ3v) is 7.23. The van der Waals surface area contributed by atoms with E-state index in [2.05, 4.69) is 0 Å². The van der Waals surface area contributed by atoms with Gasteiger partial charge in [0, 0.05) is 26.7 Å². The van der Waals surface area contributed by atoms with Gasteiger partial charge >= 0.3 is 0 Å². The van der Waals surface area contributed by atoms with Gasteiger partial charge in [0.15, 0.2) is 0 Å². The second-order valence-electron chi connectivity index (χ2n) is 7.56. The lowest BCUT2D eigenvalue weighted by molar-refractivity contribution is -0.135. The molecule has 1 aliphatic rings. The average Bonchev–Trinajstić information content (AvgIpc) is 2.75. The SMILES string of the molecule is COc1ccc(S(=O)(=O)N2CCC[C@H](C(=O)N(C)Cc3ccc(C)cc3)C2)cc1. The van der Waals surface area contributed by atoms with Gasteiger partial charge in [0.1, 0.15) is 5.75 Å². The second-order valence-corrected chi connectivity index (χ2v) is 9.50. The summed E-state index contributed by atoms with van der Waals surface area (Å²) in [6, 6.07) is 14.4. The third-order valence-electron chi connectivity index (χ3n) is 5.35. The summed E-state index contributed by atoms with van der Waals surface area (Å²) in [7, 11) is -0.320. The first-order valence-corrected chi connectivity index (χ1v) is 11.2. The third kappa shape index (κ3) is 4.97. The number of hydrogen-bond acceptors (Lipinski definition) is 4. The summed E-state index contributed by atoms with van der Waals surface area (Å²) >= 11 is 0. The first-order valence-electron chi connectivity index (χ1n) is 9.76. The van der Waals surface area contributed by atoms with Gasteiger partial charge in [-0.25, -0.2) is 8.42 Å². The molecule has 0 aliphatic carbocycles. The van der Waals surface area contributed by atoms with E-state index in [1.165, 1.54) is 17.0 Å². The Morgan fingerprint density at radius 2 is 1.79 bits per heavy atom. The van der Waals surface area contributed by atoms with Crippen LogP contribution >= 0.6 is 0 Å². The van der Waals surface area contributed by atoms with Crippen molar-refractivity contribution in [3.05, 3.63) is 59.7 Å². The maximum absolute atomic E-state index is 13.0. The van der Waals surface area contributed by atoms with Crippen LogP contribution in [0.25, 0.3) is 0 Å². The summed E-state index contributed by atoms with van der Waals surface area (Å²) in [6.07, 6.45) is 1.37. The molecule has 1 atom stereocenters. The fourth-order valence-electron chi connectivity index (χ4n) is 3.62. The summed E-state index contributed by atoms with van der Waals surface area (Å²) < 4.78 is 32.5. The number of rotatable bonds is 6. The van der Waals surface area contributed by atoms with Crippen LogP contribution in [0.5, 0.6) is 5.75 Å². The molecule has 1 saturated heterocycles. The molecule has 1 amide bonds. The smallest absolute Gasteiger partial charge is 0.243 e. The predicted molar refractivity (Wildman–Crippen MR) is 112 cm³/mol. The molecular weight excluding hydrogens is 388 g/mol. The van der Waals surface area contributed by atoms with E-state index in [4.69, 9.17) is 4.74 Å². The van der Waals surface area contributed by atoms with E-state index in [1.54, 1.807) is 36.2 Å². The van der Waals surface area contributed by atoms with E-state index < -0.39 is 10.0 Å². The van der Waals surface area contributed by atoms with Crippen molar-refractivity contribution in [2.45, 2.75) is 31.2 Å². The van der Waals surface area contributed by atoms with Crippen LogP contribution in [0.15, 0.2) is 53.4 Å². The molecule has 0 N–H and O–H groups in total. The van der Waals surface area contributed by atoms with Crippen molar-refractivity contribution >= 4 is 15.9 Å². The Bertz CT molecular complexity index is 940. The largest absolute Gasteiger partial charge is 0.497 e. The molecule has 156 valence electrons. The van der Waals surface area contributed by atoms with Crippen molar-refractivity contribution in [2.24, 2.45) is 5.92 Å². The Kier molecular flexibility index (Phi) is 6.59. The Balaban J connectivity index is 1.68. The van der Waals surface area contributed by atoms with Crippen molar-refractivity contribution in [2.75, 3.05) is 27.2 Å². The quantitative estimate of drug-likeness (QED) is 0.726. The highest BCUT2D eigenvalue weighted by atomic mass is 32.2. The molecule has 1 aliphatic heterocycles. The zero-order valence-electron chi connectivity index (χ0n) is 17.2.